The standard InChI is InChI=1S/C41H76O5Si3/c1-26(2)47(27(3)4,28(5)6)43-25-40-41(46-49(32(13)14,33(15)16)34(17)18)39(45-48(29(7)8,30(9)10)31(11)12)24-38(44-40)37-22-20-36(21-23-37)35(19)42/h20-24,26-34,39-41H,25H2,1-19H3/t39-,40-,41+/m1/s1. The van der Waals surface area contributed by atoms with Gasteiger partial charge in [-0.05, 0) is 62.9 Å². The molecule has 1 aromatic rings. The van der Waals surface area contributed by atoms with Crippen molar-refractivity contribution in [2.75, 3.05) is 6.61 Å². The van der Waals surface area contributed by atoms with Crippen LogP contribution in [0.1, 0.15) is 147 Å². The number of ether oxygens (including phenoxy) is 1. The van der Waals surface area contributed by atoms with Gasteiger partial charge < -0.3 is 18.0 Å². The van der Waals surface area contributed by atoms with Crippen molar-refractivity contribution in [3.05, 3.63) is 41.5 Å². The first-order valence-corrected chi connectivity index (χ1v) is 25.9. The molecule has 3 atom stereocenters. The molecule has 1 aliphatic heterocycles. The highest BCUT2D eigenvalue weighted by Crippen LogP contribution is 2.49. The Morgan fingerprint density at radius 3 is 1.31 bits per heavy atom. The number of carbonyl (C=O) groups is 1. The van der Waals surface area contributed by atoms with E-state index in [4.69, 9.17) is 18.0 Å². The molecule has 2 rings (SSSR count). The monoisotopic (exact) mass is 733 g/mol. The third-order valence-corrected chi connectivity index (χ3v) is 30.4. The van der Waals surface area contributed by atoms with Crippen LogP contribution in [0.5, 0.6) is 0 Å². The van der Waals surface area contributed by atoms with Gasteiger partial charge in [0.15, 0.2) is 5.78 Å². The van der Waals surface area contributed by atoms with E-state index in [9.17, 15) is 4.79 Å². The van der Waals surface area contributed by atoms with Crippen LogP contribution in [-0.4, -0.2) is 55.7 Å². The predicted octanol–water partition coefficient (Wildman–Crippen LogP) is 12.9. The minimum absolute atomic E-state index is 0.0577. The lowest BCUT2D eigenvalue weighted by atomic mass is 10.0. The second kappa shape index (κ2) is 17.7. The van der Waals surface area contributed by atoms with E-state index in [2.05, 4.69) is 131 Å². The SMILES string of the molecule is CC(=O)c1ccc(C2=C[C@@H](O[Si](C(C)C)(C(C)C)C(C)C)[C@H](O[Si](C(C)C)(C(C)C)C(C)C)[C@@H](CO[Si](C(C)C)(C(C)C)C(C)C)O2)cc1. The number of carbonyl (C=O) groups excluding carboxylic acids is 1. The summed E-state index contributed by atoms with van der Waals surface area (Å²) in [5.74, 6) is 0.854. The summed E-state index contributed by atoms with van der Waals surface area (Å²) in [5.41, 5.74) is 5.51. The van der Waals surface area contributed by atoms with Crippen LogP contribution in [0.3, 0.4) is 0 Å². The van der Waals surface area contributed by atoms with Crippen molar-refractivity contribution in [1.82, 2.24) is 0 Å². The molecule has 5 nitrogen and oxygen atoms in total. The zero-order valence-electron chi connectivity index (χ0n) is 35.1. The Hall–Kier alpha value is -1.04. The molecule has 1 heterocycles. The molecule has 0 unspecified atom stereocenters. The van der Waals surface area contributed by atoms with Gasteiger partial charge in [0.05, 0.1) is 12.7 Å². The van der Waals surface area contributed by atoms with Crippen LogP contribution in [0.4, 0.5) is 0 Å². The Labute approximate surface area is 306 Å². The second-order valence-corrected chi connectivity index (χ2v) is 34.0. The van der Waals surface area contributed by atoms with Gasteiger partial charge in [0.1, 0.15) is 18.0 Å². The van der Waals surface area contributed by atoms with Gasteiger partial charge in [-0.2, -0.15) is 0 Å². The molecule has 0 N–H and O–H groups in total. The second-order valence-electron chi connectivity index (χ2n) is 17.7. The molecule has 49 heavy (non-hydrogen) atoms. The van der Waals surface area contributed by atoms with E-state index in [1.54, 1.807) is 6.92 Å². The molecule has 0 saturated heterocycles. The van der Waals surface area contributed by atoms with Crippen LogP contribution >= 0.6 is 0 Å². The van der Waals surface area contributed by atoms with E-state index in [1.807, 2.05) is 24.3 Å². The quantitative estimate of drug-likeness (QED) is 0.111. The molecular weight excluding hydrogens is 657 g/mol. The average Bonchev–Trinajstić information content (AvgIpc) is 2.97. The molecule has 0 amide bonds. The molecule has 0 aliphatic carbocycles. The molecule has 282 valence electrons. The first kappa shape index (κ1) is 44.1. The van der Waals surface area contributed by atoms with Crippen LogP contribution in [0.2, 0.25) is 49.9 Å². The third kappa shape index (κ3) is 8.95. The van der Waals surface area contributed by atoms with Crippen molar-refractivity contribution in [2.24, 2.45) is 0 Å². The van der Waals surface area contributed by atoms with Gasteiger partial charge in [-0.15, -0.1) is 0 Å². The summed E-state index contributed by atoms with van der Waals surface area (Å²) in [6.07, 6.45) is 1.28. The van der Waals surface area contributed by atoms with Gasteiger partial charge in [0.2, 0.25) is 25.0 Å². The van der Waals surface area contributed by atoms with E-state index in [0.29, 0.717) is 62.0 Å². The van der Waals surface area contributed by atoms with E-state index < -0.39 is 25.0 Å². The van der Waals surface area contributed by atoms with Gasteiger partial charge in [-0.25, -0.2) is 0 Å². The number of Topliss-reactive ketones (excluding diaryl/α,β-unsaturated/α-hetero) is 1. The highest BCUT2D eigenvalue weighted by atomic mass is 28.4. The summed E-state index contributed by atoms with van der Waals surface area (Å²) in [6, 6.07) is 7.84. The summed E-state index contributed by atoms with van der Waals surface area (Å²) >= 11 is 0. The summed E-state index contributed by atoms with van der Waals surface area (Å²) in [6.45, 7) is 44.5. The maximum absolute atomic E-state index is 12.2. The average molecular weight is 733 g/mol. The number of benzene rings is 1. The Morgan fingerprint density at radius 2 is 0.959 bits per heavy atom. The van der Waals surface area contributed by atoms with Crippen LogP contribution in [0, 0.1) is 0 Å². The topological polar surface area (TPSA) is 54.0 Å². The summed E-state index contributed by atoms with van der Waals surface area (Å²) in [7, 11) is -6.95. The van der Waals surface area contributed by atoms with Crippen LogP contribution in [-0.2, 0) is 18.0 Å². The molecule has 1 aromatic carbocycles. The van der Waals surface area contributed by atoms with Gasteiger partial charge >= 0.3 is 0 Å². The Bertz CT molecular complexity index is 1150. The molecule has 0 fully saturated rings. The van der Waals surface area contributed by atoms with Gasteiger partial charge in [0, 0.05) is 11.1 Å². The third-order valence-electron chi connectivity index (χ3n) is 12.2. The molecule has 0 radical (unpaired) electrons. The summed E-state index contributed by atoms with van der Waals surface area (Å²) in [5, 5.41) is 0. The maximum atomic E-state index is 12.2. The molecule has 0 bridgehead atoms. The Kier molecular flexibility index (Phi) is 15.9. The fourth-order valence-corrected chi connectivity index (χ4v) is 26.7. The normalized spacial score (nSPS) is 19.8. The minimum atomic E-state index is -2.37. The Morgan fingerprint density at radius 1 is 0.592 bits per heavy atom. The number of hydrogen-bond acceptors (Lipinski definition) is 5. The summed E-state index contributed by atoms with van der Waals surface area (Å²) in [4.78, 5) is 12.2. The molecule has 0 saturated carbocycles. The number of ketones is 1. The number of hydrogen-bond donors (Lipinski definition) is 0. The van der Waals surface area contributed by atoms with Crippen LogP contribution in [0.25, 0.3) is 5.76 Å². The van der Waals surface area contributed by atoms with Gasteiger partial charge in [0.25, 0.3) is 0 Å². The lowest BCUT2D eigenvalue weighted by Gasteiger charge is -2.52. The van der Waals surface area contributed by atoms with E-state index in [0.717, 1.165) is 11.3 Å². The summed E-state index contributed by atoms with van der Waals surface area (Å²) < 4.78 is 30.1. The van der Waals surface area contributed by atoms with E-state index in [1.165, 1.54) is 0 Å². The van der Waals surface area contributed by atoms with E-state index >= 15 is 0 Å². The predicted molar refractivity (Wildman–Crippen MR) is 218 cm³/mol. The van der Waals surface area contributed by atoms with Gasteiger partial charge in [-0.1, -0.05) is 149 Å². The molecule has 1 aliphatic rings. The maximum Gasteiger partial charge on any atom is 0.201 e. The molecule has 8 heteroatoms. The van der Waals surface area contributed by atoms with Crippen molar-refractivity contribution < 1.29 is 22.8 Å². The lowest BCUT2D eigenvalue weighted by Crippen LogP contribution is -2.61. The van der Waals surface area contributed by atoms with Crippen LogP contribution in [0.15, 0.2) is 30.3 Å². The van der Waals surface area contributed by atoms with Crippen molar-refractivity contribution in [3.8, 4) is 0 Å². The van der Waals surface area contributed by atoms with Crippen molar-refractivity contribution >= 4 is 36.5 Å². The van der Waals surface area contributed by atoms with Crippen molar-refractivity contribution in [3.63, 3.8) is 0 Å². The first-order valence-electron chi connectivity index (χ1n) is 19.5. The molecule has 0 aromatic heterocycles. The highest BCUT2D eigenvalue weighted by molar-refractivity contribution is 6.78. The fraction of sp³-hybridized carbons (Fsp3) is 0.780. The van der Waals surface area contributed by atoms with Crippen LogP contribution < -0.4 is 0 Å². The fourth-order valence-electron chi connectivity index (χ4n) is 10.1. The van der Waals surface area contributed by atoms with Gasteiger partial charge in [-0.3, -0.25) is 4.79 Å². The van der Waals surface area contributed by atoms with Crippen molar-refractivity contribution in [2.45, 2.75) is 200 Å². The zero-order valence-corrected chi connectivity index (χ0v) is 38.1. The van der Waals surface area contributed by atoms with E-state index in [-0.39, 0.29) is 24.1 Å². The Balaban J connectivity index is 2.95. The molecular formula is C41H76O5Si3. The number of rotatable bonds is 18. The lowest BCUT2D eigenvalue weighted by molar-refractivity contribution is -0.0620. The minimum Gasteiger partial charge on any atom is -0.485 e. The smallest absolute Gasteiger partial charge is 0.201 e. The highest BCUT2D eigenvalue weighted by Gasteiger charge is 2.55. The molecule has 0 spiro atoms. The van der Waals surface area contributed by atoms with Crippen molar-refractivity contribution in [1.29, 1.82) is 0 Å². The zero-order chi connectivity index (χ0) is 37.8. The largest absolute Gasteiger partial charge is 0.485 e. The first-order chi connectivity index (χ1) is 22.5.